The Morgan fingerprint density at radius 1 is 1.19 bits per heavy atom. The minimum Gasteiger partial charge on any atom is -0.484 e. The van der Waals surface area contributed by atoms with Gasteiger partial charge >= 0.3 is 0 Å². The van der Waals surface area contributed by atoms with E-state index in [2.05, 4.69) is 15.5 Å². The van der Waals surface area contributed by atoms with Gasteiger partial charge in [-0.2, -0.15) is 4.98 Å². The molecule has 1 amide bonds. The van der Waals surface area contributed by atoms with Gasteiger partial charge in [-0.3, -0.25) is 4.79 Å². The van der Waals surface area contributed by atoms with Gasteiger partial charge in [0.25, 0.3) is 5.91 Å². The van der Waals surface area contributed by atoms with Crippen LogP contribution in [0.1, 0.15) is 17.0 Å². The Kier molecular flexibility index (Phi) is 7.03. The average molecular weight is 445 g/mol. The minimum absolute atomic E-state index is 0.0950. The van der Waals surface area contributed by atoms with Gasteiger partial charge in [0.1, 0.15) is 5.75 Å². The lowest BCUT2D eigenvalue weighted by atomic mass is 10.1. The Labute approximate surface area is 181 Å². The number of aryl methyl sites for hydroxylation is 1. The van der Waals surface area contributed by atoms with Crippen molar-refractivity contribution in [3.8, 4) is 17.1 Å². The molecular formula is C21H24N4O5S. The Bertz CT molecular complexity index is 1140. The molecule has 9 nitrogen and oxygen atoms in total. The lowest BCUT2D eigenvalue weighted by Crippen LogP contribution is -2.28. The van der Waals surface area contributed by atoms with E-state index in [4.69, 9.17) is 9.26 Å². The largest absolute Gasteiger partial charge is 0.484 e. The van der Waals surface area contributed by atoms with Crippen LogP contribution in [0.4, 0.5) is 0 Å². The monoisotopic (exact) mass is 444 g/mol. The van der Waals surface area contributed by atoms with E-state index in [0.29, 0.717) is 17.5 Å². The van der Waals surface area contributed by atoms with Gasteiger partial charge < -0.3 is 14.6 Å². The first-order valence-corrected chi connectivity index (χ1v) is 11.3. The molecule has 0 aliphatic carbocycles. The molecule has 1 heterocycles. The third-order valence-electron chi connectivity index (χ3n) is 4.45. The predicted octanol–water partition coefficient (Wildman–Crippen LogP) is 2.13. The van der Waals surface area contributed by atoms with Gasteiger partial charge in [0, 0.05) is 19.2 Å². The Balaban J connectivity index is 1.45. The van der Waals surface area contributed by atoms with Crippen molar-refractivity contribution in [3.63, 3.8) is 0 Å². The number of aromatic nitrogens is 2. The average Bonchev–Trinajstić information content (AvgIpc) is 3.20. The lowest BCUT2D eigenvalue weighted by molar-refractivity contribution is -0.123. The molecule has 0 spiro atoms. The summed E-state index contributed by atoms with van der Waals surface area (Å²) in [5.41, 5.74) is 2.74. The van der Waals surface area contributed by atoms with E-state index >= 15 is 0 Å². The molecule has 0 unspecified atom stereocenters. The van der Waals surface area contributed by atoms with Crippen molar-refractivity contribution in [2.45, 2.75) is 20.0 Å². The van der Waals surface area contributed by atoms with Crippen molar-refractivity contribution in [1.29, 1.82) is 0 Å². The zero-order chi connectivity index (χ0) is 22.4. The SMILES string of the molecule is Cc1cccc(-c2noc(CNC(=O)COc3ccc(CN(C)S(C)(=O)=O)cc3)n2)c1. The second-order valence-corrected chi connectivity index (χ2v) is 9.20. The highest BCUT2D eigenvalue weighted by atomic mass is 32.2. The van der Waals surface area contributed by atoms with E-state index in [9.17, 15) is 13.2 Å². The molecule has 2 aromatic carbocycles. The van der Waals surface area contributed by atoms with Gasteiger partial charge in [0.2, 0.25) is 21.7 Å². The summed E-state index contributed by atoms with van der Waals surface area (Å²) in [4.78, 5) is 16.3. The first kappa shape index (κ1) is 22.4. The van der Waals surface area contributed by atoms with Gasteiger partial charge in [0.15, 0.2) is 6.61 Å². The van der Waals surface area contributed by atoms with Crippen LogP contribution in [0.2, 0.25) is 0 Å². The summed E-state index contributed by atoms with van der Waals surface area (Å²) in [6.07, 6.45) is 1.15. The number of nitrogens with zero attached hydrogens (tertiary/aromatic N) is 3. The Morgan fingerprint density at radius 2 is 1.94 bits per heavy atom. The summed E-state index contributed by atoms with van der Waals surface area (Å²) in [5.74, 6) is 0.923. The maximum absolute atomic E-state index is 12.0. The van der Waals surface area contributed by atoms with Crippen LogP contribution in [0.5, 0.6) is 5.75 Å². The highest BCUT2D eigenvalue weighted by Crippen LogP contribution is 2.17. The molecule has 0 saturated carbocycles. The third kappa shape index (κ3) is 6.63. The van der Waals surface area contributed by atoms with Crippen molar-refractivity contribution in [3.05, 3.63) is 65.5 Å². The number of carbonyl (C=O) groups excluding carboxylic acids is 1. The normalized spacial score (nSPS) is 11.5. The van der Waals surface area contributed by atoms with Gasteiger partial charge in [-0.05, 0) is 30.7 Å². The van der Waals surface area contributed by atoms with Crippen molar-refractivity contribution in [1.82, 2.24) is 19.8 Å². The van der Waals surface area contributed by atoms with Crippen molar-refractivity contribution in [2.24, 2.45) is 0 Å². The fourth-order valence-corrected chi connectivity index (χ4v) is 3.05. The van der Waals surface area contributed by atoms with Crippen molar-refractivity contribution < 1.29 is 22.5 Å². The van der Waals surface area contributed by atoms with E-state index in [1.807, 2.05) is 31.2 Å². The predicted molar refractivity (Wildman–Crippen MR) is 115 cm³/mol. The maximum Gasteiger partial charge on any atom is 0.258 e. The first-order valence-electron chi connectivity index (χ1n) is 9.50. The van der Waals surface area contributed by atoms with Crippen LogP contribution in [0.25, 0.3) is 11.4 Å². The summed E-state index contributed by atoms with van der Waals surface area (Å²) in [6.45, 7) is 2.15. The maximum atomic E-state index is 12.0. The minimum atomic E-state index is -3.25. The summed E-state index contributed by atoms with van der Waals surface area (Å²) in [7, 11) is -1.74. The van der Waals surface area contributed by atoms with Crippen LogP contribution in [0, 0.1) is 6.92 Å². The zero-order valence-corrected chi connectivity index (χ0v) is 18.3. The quantitative estimate of drug-likeness (QED) is 0.538. The molecule has 0 bridgehead atoms. The second kappa shape index (κ2) is 9.71. The number of nitrogens with one attached hydrogen (secondary N) is 1. The van der Waals surface area contributed by atoms with Crippen LogP contribution in [0.15, 0.2) is 53.1 Å². The van der Waals surface area contributed by atoms with E-state index < -0.39 is 10.0 Å². The molecule has 0 aliphatic rings. The molecule has 10 heteroatoms. The molecule has 3 aromatic rings. The van der Waals surface area contributed by atoms with Crippen LogP contribution in [0.3, 0.4) is 0 Å². The first-order chi connectivity index (χ1) is 14.7. The van der Waals surface area contributed by atoms with Crippen LogP contribution in [-0.2, 0) is 27.9 Å². The fourth-order valence-electron chi connectivity index (χ4n) is 2.67. The second-order valence-electron chi connectivity index (χ2n) is 7.11. The summed E-state index contributed by atoms with van der Waals surface area (Å²) in [5, 5.41) is 6.60. The highest BCUT2D eigenvalue weighted by molar-refractivity contribution is 7.88. The van der Waals surface area contributed by atoms with Crippen molar-refractivity contribution >= 4 is 15.9 Å². The summed E-state index contributed by atoms with van der Waals surface area (Å²) < 4.78 is 34.8. The number of benzene rings is 2. The van der Waals surface area contributed by atoms with Crippen molar-refractivity contribution in [2.75, 3.05) is 19.9 Å². The van der Waals surface area contributed by atoms with Gasteiger partial charge in [0.05, 0.1) is 12.8 Å². The summed E-state index contributed by atoms with van der Waals surface area (Å²) in [6, 6.07) is 14.6. The molecule has 1 aromatic heterocycles. The third-order valence-corrected chi connectivity index (χ3v) is 5.71. The molecule has 1 N–H and O–H groups in total. The number of rotatable bonds is 9. The Hall–Kier alpha value is -3.24. The van der Waals surface area contributed by atoms with Gasteiger partial charge in [-0.15, -0.1) is 0 Å². The smallest absolute Gasteiger partial charge is 0.258 e. The molecule has 0 saturated heterocycles. The standard InChI is InChI=1S/C21H24N4O5S/c1-15-5-4-6-17(11-15)21-23-20(30-24-21)12-22-19(26)14-29-18-9-7-16(8-10-18)13-25(2)31(3,27)28/h4-11H,12-14H2,1-3H3,(H,22,26). The number of hydrogen-bond acceptors (Lipinski definition) is 7. The molecule has 0 atom stereocenters. The lowest BCUT2D eigenvalue weighted by Gasteiger charge is -2.14. The van der Waals surface area contributed by atoms with E-state index in [-0.39, 0.29) is 25.6 Å². The van der Waals surface area contributed by atoms with Crippen LogP contribution < -0.4 is 10.1 Å². The molecule has 3 rings (SSSR count). The van der Waals surface area contributed by atoms with Crippen LogP contribution >= 0.6 is 0 Å². The number of ether oxygens (including phenoxy) is 1. The summed E-state index contributed by atoms with van der Waals surface area (Å²) >= 11 is 0. The number of hydrogen-bond donors (Lipinski definition) is 1. The molecule has 0 radical (unpaired) electrons. The van der Waals surface area contributed by atoms with E-state index in [1.54, 1.807) is 24.3 Å². The number of amides is 1. The number of sulfonamides is 1. The fraction of sp³-hybridized carbons (Fsp3) is 0.286. The van der Waals surface area contributed by atoms with Gasteiger partial charge in [-0.25, -0.2) is 12.7 Å². The van der Waals surface area contributed by atoms with E-state index in [1.165, 1.54) is 11.4 Å². The highest BCUT2D eigenvalue weighted by Gasteiger charge is 2.12. The molecule has 164 valence electrons. The van der Waals surface area contributed by atoms with E-state index in [0.717, 1.165) is 22.9 Å². The molecule has 31 heavy (non-hydrogen) atoms. The molecular weight excluding hydrogens is 420 g/mol. The zero-order valence-electron chi connectivity index (χ0n) is 17.5. The Morgan fingerprint density at radius 3 is 2.61 bits per heavy atom. The number of carbonyl (C=O) groups is 1. The molecule has 0 aliphatic heterocycles. The van der Waals surface area contributed by atoms with Gasteiger partial charge in [-0.1, -0.05) is 41.1 Å². The van der Waals surface area contributed by atoms with Crippen LogP contribution in [-0.4, -0.2) is 48.7 Å². The topological polar surface area (TPSA) is 115 Å². The molecule has 0 fully saturated rings.